The Labute approximate surface area is 106 Å². The second-order valence-corrected chi connectivity index (χ2v) is 4.56. The lowest BCUT2D eigenvalue weighted by atomic mass is 10.1. The van der Waals surface area contributed by atoms with Crippen molar-refractivity contribution >= 4 is 0 Å². The number of rotatable bonds is 12. The van der Waals surface area contributed by atoms with Gasteiger partial charge in [0.2, 0.25) is 0 Å². The van der Waals surface area contributed by atoms with Crippen LogP contribution in [0.1, 0.15) is 71.1 Å². The van der Waals surface area contributed by atoms with Crippen LogP contribution < -0.4 is 0 Å². The monoisotopic (exact) mass is 240 g/mol. The van der Waals surface area contributed by atoms with Crippen molar-refractivity contribution in [3.63, 3.8) is 0 Å². The third kappa shape index (κ3) is 13.1. The average Bonchev–Trinajstić information content (AvgIpc) is 2.32. The Bertz CT molecular complexity index is 202. The first-order valence-electron chi connectivity index (χ1n) is 7.07. The van der Waals surface area contributed by atoms with E-state index in [-0.39, 0.29) is 0 Å². The molecule has 0 saturated heterocycles. The Morgan fingerprint density at radius 2 is 1.41 bits per heavy atom. The fourth-order valence-corrected chi connectivity index (χ4v) is 1.88. The quantitative estimate of drug-likeness (QED) is 0.204. The van der Waals surface area contributed by atoms with Crippen molar-refractivity contribution in [3.8, 4) is 0 Å². The molecule has 0 rings (SSSR count). The molecule has 0 aromatic carbocycles. The van der Waals surface area contributed by atoms with Crippen molar-refractivity contribution in [1.82, 2.24) is 0 Å². The van der Waals surface area contributed by atoms with Crippen LogP contribution in [0.4, 0.5) is 0 Å². The van der Waals surface area contributed by atoms with Crippen molar-refractivity contribution in [2.75, 3.05) is 6.54 Å². The molecule has 0 atom stereocenters. The summed E-state index contributed by atoms with van der Waals surface area (Å²) in [5, 5.41) is 14.5. The second kappa shape index (κ2) is 13.2. The number of hydroxylamine groups is 1. The predicted molar refractivity (Wildman–Crippen MR) is 73.0 cm³/mol. The Morgan fingerprint density at radius 3 is 1.88 bits per heavy atom. The minimum absolute atomic E-state index is 0.502. The van der Waals surface area contributed by atoms with Crippen molar-refractivity contribution in [2.24, 2.45) is 5.11 Å². The number of hydrogen-bond acceptors (Lipinski definition) is 2. The van der Waals surface area contributed by atoms with E-state index in [1.54, 1.807) is 0 Å². The van der Waals surface area contributed by atoms with Crippen molar-refractivity contribution < 1.29 is 4.86 Å². The number of nitrogens with zero attached hydrogens (tertiary/aromatic N) is 2. The Balaban J connectivity index is 3.08. The van der Waals surface area contributed by atoms with Gasteiger partial charge in [-0.05, 0) is 11.5 Å². The average molecular weight is 240 g/mol. The van der Waals surface area contributed by atoms with Gasteiger partial charge >= 0.3 is 0 Å². The smallest absolute Gasteiger partial charge is 0.180 e. The minimum Gasteiger partial charge on any atom is -0.600 e. The molecule has 0 radical (unpaired) electrons. The van der Waals surface area contributed by atoms with Gasteiger partial charge in [0, 0.05) is 6.42 Å². The number of unbranched alkanes of at least 4 members (excludes halogenated alkanes) is 9. The van der Waals surface area contributed by atoms with Crippen LogP contribution in [0.5, 0.6) is 0 Å². The molecule has 0 spiro atoms. The number of hydrogen-bond donors (Lipinski definition) is 0. The normalized spacial score (nSPS) is 11.7. The molecular formula is C14H28N2O. The van der Waals surface area contributed by atoms with Gasteiger partial charge in [-0.15, -0.1) is 0 Å². The van der Waals surface area contributed by atoms with E-state index in [1.165, 1.54) is 57.6 Å². The fraction of sp³-hybridized carbons (Fsp3) is 0.857. The van der Waals surface area contributed by atoms with Gasteiger partial charge < -0.3 is 5.21 Å². The van der Waals surface area contributed by atoms with Crippen molar-refractivity contribution in [1.29, 1.82) is 0 Å². The molecule has 0 saturated carbocycles. The molecule has 0 aliphatic carbocycles. The zero-order chi connectivity index (χ0) is 12.8. The molecule has 0 N–H and O–H groups in total. The summed E-state index contributed by atoms with van der Waals surface area (Å²) in [6.45, 7) is 6.14. The number of azo groups is 1. The van der Waals surface area contributed by atoms with Gasteiger partial charge in [-0.2, -0.15) is 0 Å². The molecule has 0 aromatic heterocycles. The molecule has 0 amide bonds. The van der Waals surface area contributed by atoms with E-state index in [1.807, 2.05) is 0 Å². The van der Waals surface area contributed by atoms with Crippen LogP contribution >= 0.6 is 0 Å². The summed E-state index contributed by atoms with van der Waals surface area (Å²) in [7, 11) is 0. The van der Waals surface area contributed by atoms with Crippen LogP contribution in [0, 0.1) is 5.21 Å². The van der Waals surface area contributed by atoms with Crippen molar-refractivity contribution in [3.05, 3.63) is 18.0 Å². The lowest BCUT2D eigenvalue weighted by Gasteiger charge is -2.02. The van der Waals surface area contributed by atoms with Gasteiger partial charge in [0.05, 0.1) is 6.20 Å². The largest absolute Gasteiger partial charge is 0.600 e. The molecule has 0 aliphatic rings. The highest BCUT2D eigenvalue weighted by Gasteiger charge is 1.96. The lowest BCUT2D eigenvalue weighted by molar-refractivity contribution is -0.526. The molecular weight excluding hydrogens is 212 g/mol. The van der Waals surface area contributed by atoms with Gasteiger partial charge in [-0.1, -0.05) is 69.7 Å². The standard InChI is InChI=1S/C14H28N2O/c1-3-5-6-7-8-9-10-11-12-13-14-16(17)15-4-2/h4H,2-3,5-14H2,1H3. The van der Waals surface area contributed by atoms with Crippen LogP contribution in [-0.2, 0) is 0 Å². The Hall–Kier alpha value is -0.860. The lowest BCUT2D eigenvalue weighted by Crippen LogP contribution is -2.01. The van der Waals surface area contributed by atoms with Crippen LogP contribution in [0.25, 0.3) is 0 Å². The van der Waals surface area contributed by atoms with E-state index in [0.29, 0.717) is 6.54 Å². The van der Waals surface area contributed by atoms with Crippen LogP contribution in [0.3, 0.4) is 0 Å². The summed E-state index contributed by atoms with van der Waals surface area (Å²) in [5.74, 6) is 0. The van der Waals surface area contributed by atoms with E-state index in [2.05, 4.69) is 18.6 Å². The van der Waals surface area contributed by atoms with Crippen molar-refractivity contribution in [2.45, 2.75) is 71.1 Å². The molecule has 0 unspecified atom stereocenters. The second-order valence-electron chi connectivity index (χ2n) is 4.56. The summed E-state index contributed by atoms with van der Waals surface area (Å²) in [5.41, 5.74) is 0. The summed E-state index contributed by atoms with van der Waals surface area (Å²) >= 11 is 0. The summed E-state index contributed by atoms with van der Waals surface area (Å²) in [4.78, 5) is 0.720. The molecule has 0 aliphatic heterocycles. The first kappa shape index (κ1) is 16.1. The Morgan fingerprint density at radius 1 is 0.941 bits per heavy atom. The third-order valence-electron chi connectivity index (χ3n) is 2.91. The maximum Gasteiger partial charge on any atom is 0.180 e. The zero-order valence-corrected chi connectivity index (χ0v) is 11.4. The first-order chi connectivity index (χ1) is 8.31. The highest BCUT2D eigenvalue weighted by molar-refractivity contribution is 4.54. The third-order valence-corrected chi connectivity index (χ3v) is 2.91. The van der Waals surface area contributed by atoms with Gasteiger partial charge in [0.1, 0.15) is 0 Å². The molecule has 0 heterocycles. The van der Waals surface area contributed by atoms with E-state index < -0.39 is 0 Å². The van der Waals surface area contributed by atoms with Crippen LogP contribution in [0.2, 0.25) is 0 Å². The van der Waals surface area contributed by atoms with E-state index in [4.69, 9.17) is 0 Å². The fourth-order valence-electron chi connectivity index (χ4n) is 1.88. The van der Waals surface area contributed by atoms with E-state index in [0.717, 1.165) is 17.7 Å². The molecule has 100 valence electrons. The highest BCUT2D eigenvalue weighted by Crippen LogP contribution is 2.10. The molecule has 3 nitrogen and oxygen atoms in total. The summed E-state index contributed by atoms with van der Waals surface area (Å²) in [6.07, 6.45) is 14.1. The SMILES string of the molecule is C=CN=[N+]([O-])CCCCCCCCCCCC. The van der Waals surface area contributed by atoms with Gasteiger partial charge in [-0.25, -0.2) is 0 Å². The Kier molecular flexibility index (Phi) is 12.5. The van der Waals surface area contributed by atoms with Crippen LogP contribution in [0.15, 0.2) is 17.9 Å². The molecule has 3 heteroatoms. The van der Waals surface area contributed by atoms with Gasteiger partial charge in [-0.3, -0.25) is 0 Å². The maximum absolute atomic E-state index is 11.0. The van der Waals surface area contributed by atoms with Gasteiger partial charge in [0.25, 0.3) is 0 Å². The summed E-state index contributed by atoms with van der Waals surface area (Å²) in [6, 6.07) is 0. The topological polar surface area (TPSA) is 38.4 Å². The molecule has 0 bridgehead atoms. The predicted octanol–water partition coefficient (Wildman–Crippen LogP) is 5.01. The maximum atomic E-state index is 11.0. The van der Waals surface area contributed by atoms with Crippen LogP contribution in [-0.4, -0.2) is 11.4 Å². The van der Waals surface area contributed by atoms with Gasteiger partial charge in [0.15, 0.2) is 6.54 Å². The molecule has 0 aromatic rings. The molecule has 17 heavy (non-hydrogen) atoms. The highest BCUT2D eigenvalue weighted by atomic mass is 16.5. The van der Waals surface area contributed by atoms with E-state index >= 15 is 0 Å². The van der Waals surface area contributed by atoms with E-state index in [9.17, 15) is 5.21 Å². The zero-order valence-electron chi connectivity index (χ0n) is 11.4. The minimum atomic E-state index is 0.502. The molecule has 0 fully saturated rings. The summed E-state index contributed by atoms with van der Waals surface area (Å²) < 4.78 is 0. The first-order valence-corrected chi connectivity index (χ1v) is 7.07.